The molecule has 1 atom stereocenters. The molecule has 0 saturated carbocycles. The lowest BCUT2D eigenvalue weighted by Gasteiger charge is -2.29. The lowest BCUT2D eigenvalue weighted by Crippen LogP contribution is -2.37. The summed E-state index contributed by atoms with van der Waals surface area (Å²) >= 11 is 0. The second-order valence-corrected chi connectivity index (χ2v) is 9.10. The van der Waals surface area contributed by atoms with Crippen LogP contribution in [0.4, 0.5) is 0 Å². The van der Waals surface area contributed by atoms with Crippen LogP contribution in [0.3, 0.4) is 0 Å². The maximum absolute atomic E-state index is 10.9. The molecule has 0 heterocycles. The minimum Gasteiger partial charge on any atom is -0.358 e. The van der Waals surface area contributed by atoms with E-state index in [4.69, 9.17) is 0 Å². The standard InChI is InChI=1S/C20H20OP.ClH/c1-17(21)22(18-11-5-2-6-12-18,19-13-7-3-8-14-19)20-15-9-4-10-16-20;/h2-17,21H,1H3;1H/q+1;. The lowest BCUT2D eigenvalue weighted by atomic mass is 10.4. The minimum absolute atomic E-state index is 0. The molecule has 1 unspecified atom stereocenters. The summed E-state index contributed by atoms with van der Waals surface area (Å²) in [7, 11) is -2.07. The quantitative estimate of drug-likeness (QED) is 0.715. The van der Waals surface area contributed by atoms with Crippen LogP contribution in [0, 0.1) is 0 Å². The molecule has 0 bridgehead atoms. The van der Waals surface area contributed by atoms with Crippen molar-refractivity contribution in [3.63, 3.8) is 0 Å². The molecule has 1 N–H and O–H groups in total. The molecule has 0 fully saturated rings. The van der Waals surface area contributed by atoms with E-state index < -0.39 is 13.1 Å². The number of aliphatic hydroxyl groups excluding tert-OH is 1. The first-order chi connectivity index (χ1) is 10.8. The zero-order valence-electron chi connectivity index (χ0n) is 13.0. The number of halogens is 1. The van der Waals surface area contributed by atoms with Crippen molar-refractivity contribution in [1.82, 2.24) is 0 Å². The van der Waals surface area contributed by atoms with Gasteiger partial charge in [0.25, 0.3) is 0 Å². The highest BCUT2D eigenvalue weighted by Crippen LogP contribution is 2.58. The third-order valence-electron chi connectivity index (χ3n) is 4.05. The summed E-state index contributed by atoms with van der Waals surface area (Å²) < 4.78 is 0. The van der Waals surface area contributed by atoms with E-state index in [9.17, 15) is 5.11 Å². The molecule has 0 saturated heterocycles. The number of hydrogen-bond donors (Lipinski definition) is 1. The zero-order valence-corrected chi connectivity index (χ0v) is 14.8. The first-order valence-electron chi connectivity index (χ1n) is 7.50. The Morgan fingerprint density at radius 3 is 1.09 bits per heavy atom. The van der Waals surface area contributed by atoms with Gasteiger partial charge >= 0.3 is 0 Å². The predicted molar refractivity (Wildman–Crippen MR) is 104 cm³/mol. The van der Waals surface area contributed by atoms with Gasteiger partial charge < -0.3 is 5.11 Å². The van der Waals surface area contributed by atoms with Crippen molar-refractivity contribution in [2.24, 2.45) is 0 Å². The average Bonchev–Trinajstić information content (AvgIpc) is 2.58. The van der Waals surface area contributed by atoms with E-state index in [-0.39, 0.29) is 12.4 Å². The van der Waals surface area contributed by atoms with Gasteiger partial charge in [0, 0.05) is 0 Å². The first-order valence-corrected chi connectivity index (χ1v) is 9.35. The fourth-order valence-electron chi connectivity index (χ4n) is 3.08. The van der Waals surface area contributed by atoms with Crippen molar-refractivity contribution in [1.29, 1.82) is 0 Å². The molecule has 0 spiro atoms. The van der Waals surface area contributed by atoms with E-state index in [1.165, 1.54) is 15.9 Å². The van der Waals surface area contributed by atoms with E-state index in [0.717, 1.165) is 0 Å². The summed E-state index contributed by atoms with van der Waals surface area (Å²) in [6.07, 6.45) is 0. The fourth-order valence-corrected chi connectivity index (χ4v) is 7.20. The summed E-state index contributed by atoms with van der Waals surface area (Å²) in [6, 6.07) is 31.2. The second-order valence-electron chi connectivity index (χ2n) is 5.36. The molecule has 3 rings (SSSR count). The van der Waals surface area contributed by atoms with Crippen LogP contribution in [-0.2, 0) is 0 Å². The third-order valence-corrected chi connectivity index (χ3v) is 8.51. The Kier molecular flexibility index (Phi) is 5.96. The SMILES string of the molecule is CC(O)[P+](c1ccccc1)(c1ccccc1)c1ccccc1.Cl. The van der Waals surface area contributed by atoms with Gasteiger partial charge in [-0.3, -0.25) is 0 Å². The monoisotopic (exact) mass is 343 g/mol. The van der Waals surface area contributed by atoms with Gasteiger partial charge in [0.15, 0.2) is 5.85 Å². The van der Waals surface area contributed by atoms with E-state index in [2.05, 4.69) is 72.8 Å². The summed E-state index contributed by atoms with van der Waals surface area (Å²) in [5, 5.41) is 14.5. The van der Waals surface area contributed by atoms with E-state index in [1.807, 2.05) is 25.1 Å². The highest BCUT2D eigenvalue weighted by atomic mass is 35.5. The molecule has 3 aromatic carbocycles. The van der Waals surface area contributed by atoms with Gasteiger partial charge in [0.2, 0.25) is 0 Å². The molecule has 3 heteroatoms. The van der Waals surface area contributed by atoms with Crippen LogP contribution < -0.4 is 15.9 Å². The van der Waals surface area contributed by atoms with Crippen LogP contribution in [0.1, 0.15) is 6.92 Å². The van der Waals surface area contributed by atoms with Crippen LogP contribution in [0.25, 0.3) is 0 Å². The Labute approximate surface area is 144 Å². The van der Waals surface area contributed by atoms with Crippen molar-refractivity contribution in [3.05, 3.63) is 91.0 Å². The Balaban J connectivity index is 0.00000192. The van der Waals surface area contributed by atoms with Crippen LogP contribution in [0.5, 0.6) is 0 Å². The topological polar surface area (TPSA) is 20.2 Å². The number of rotatable bonds is 4. The zero-order chi connectivity index (χ0) is 15.4. The minimum atomic E-state index is -2.07. The summed E-state index contributed by atoms with van der Waals surface area (Å²) in [5.74, 6) is -0.445. The van der Waals surface area contributed by atoms with Crippen LogP contribution in [-0.4, -0.2) is 11.0 Å². The van der Waals surface area contributed by atoms with Crippen molar-refractivity contribution < 1.29 is 5.11 Å². The van der Waals surface area contributed by atoms with Gasteiger partial charge in [-0.25, -0.2) is 0 Å². The molecule has 0 radical (unpaired) electrons. The van der Waals surface area contributed by atoms with Crippen LogP contribution in [0.2, 0.25) is 0 Å². The van der Waals surface area contributed by atoms with Gasteiger partial charge in [0.05, 0.1) is 0 Å². The van der Waals surface area contributed by atoms with Gasteiger partial charge in [0.1, 0.15) is 23.2 Å². The van der Waals surface area contributed by atoms with E-state index >= 15 is 0 Å². The maximum Gasteiger partial charge on any atom is 0.175 e. The van der Waals surface area contributed by atoms with Crippen molar-refractivity contribution in [3.8, 4) is 0 Å². The molecule has 0 aliphatic carbocycles. The fraction of sp³-hybridized carbons (Fsp3) is 0.100. The van der Waals surface area contributed by atoms with Gasteiger partial charge in [-0.05, 0) is 43.3 Å². The summed E-state index contributed by atoms with van der Waals surface area (Å²) in [6.45, 7) is 1.92. The molecule has 0 amide bonds. The molecular formula is C20H21ClOP+. The smallest absolute Gasteiger partial charge is 0.175 e. The van der Waals surface area contributed by atoms with Crippen molar-refractivity contribution >= 4 is 35.6 Å². The Bertz CT molecular complexity index is 618. The average molecular weight is 344 g/mol. The molecule has 0 aromatic heterocycles. The third kappa shape index (κ3) is 3.19. The molecule has 118 valence electrons. The number of benzene rings is 3. The molecule has 1 nitrogen and oxygen atoms in total. The molecule has 0 aliphatic rings. The van der Waals surface area contributed by atoms with Crippen LogP contribution >= 0.6 is 19.7 Å². The molecular weight excluding hydrogens is 323 g/mol. The summed E-state index contributed by atoms with van der Waals surface area (Å²) in [5.41, 5.74) is 0. The second kappa shape index (κ2) is 7.75. The van der Waals surface area contributed by atoms with E-state index in [0.29, 0.717) is 0 Å². The molecule has 3 aromatic rings. The first kappa shape index (κ1) is 17.7. The highest BCUT2D eigenvalue weighted by molar-refractivity contribution is 7.96. The number of aliphatic hydroxyl groups is 1. The summed E-state index contributed by atoms with van der Waals surface area (Å²) in [4.78, 5) is 0. The van der Waals surface area contributed by atoms with E-state index in [1.54, 1.807) is 0 Å². The van der Waals surface area contributed by atoms with Gasteiger partial charge in [-0.2, -0.15) is 0 Å². The highest BCUT2D eigenvalue weighted by Gasteiger charge is 2.49. The maximum atomic E-state index is 10.9. The number of hydrogen-bond acceptors (Lipinski definition) is 1. The molecule has 0 aliphatic heterocycles. The van der Waals surface area contributed by atoms with Crippen LogP contribution in [0.15, 0.2) is 91.0 Å². The Morgan fingerprint density at radius 1 is 0.609 bits per heavy atom. The lowest BCUT2D eigenvalue weighted by molar-refractivity contribution is 0.278. The normalized spacial score (nSPS) is 12.3. The largest absolute Gasteiger partial charge is 0.358 e. The van der Waals surface area contributed by atoms with Crippen molar-refractivity contribution in [2.75, 3.05) is 0 Å². The Morgan fingerprint density at radius 2 is 0.870 bits per heavy atom. The van der Waals surface area contributed by atoms with Crippen molar-refractivity contribution in [2.45, 2.75) is 12.8 Å². The van der Waals surface area contributed by atoms with Gasteiger partial charge in [-0.15, -0.1) is 12.4 Å². The van der Waals surface area contributed by atoms with Gasteiger partial charge in [-0.1, -0.05) is 54.6 Å². The molecule has 23 heavy (non-hydrogen) atoms. The predicted octanol–water partition coefficient (Wildman–Crippen LogP) is 3.74. The Hall–Kier alpha value is -1.66.